The molecule has 8 heteroatoms. The number of anilines is 1. The molecule has 122 valence electrons. The Labute approximate surface area is 139 Å². The fraction of sp³-hybridized carbons (Fsp3) is 0.333. The summed E-state index contributed by atoms with van der Waals surface area (Å²) in [6, 6.07) is 3.73. The van der Waals surface area contributed by atoms with E-state index in [0.717, 1.165) is 12.1 Å². The average molecular weight is 386 g/mol. The molecule has 0 bridgehead atoms. The van der Waals surface area contributed by atoms with E-state index in [1.807, 2.05) is 4.90 Å². The number of halogens is 3. The smallest absolute Gasteiger partial charge is 0.282 e. The molecule has 1 saturated heterocycles. The number of ether oxygens (including phenoxy) is 1. The molecule has 2 aromatic rings. The van der Waals surface area contributed by atoms with Gasteiger partial charge in [-0.3, -0.25) is 4.79 Å². The lowest BCUT2D eigenvalue weighted by Crippen LogP contribution is -2.39. The van der Waals surface area contributed by atoms with Gasteiger partial charge in [-0.05, 0) is 33.6 Å². The van der Waals surface area contributed by atoms with E-state index in [0.29, 0.717) is 35.4 Å². The van der Waals surface area contributed by atoms with E-state index in [1.54, 1.807) is 13.2 Å². The second-order valence-corrected chi connectivity index (χ2v) is 6.04. The van der Waals surface area contributed by atoms with Crippen LogP contribution in [0, 0.1) is 11.6 Å². The van der Waals surface area contributed by atoms with Crippen LogP contribution in [0.5, 0.6) is 0 Å². The Morgan fingerprint density at radius 3 is 2.87 bits per heavy atom. The first-order valence-electron chi connectivity index (χ1n) is 7.00. The van der Waals surface area contributed by atoms with E-state index in [4.69, 9.17) is 4.74 Å². The van der Waals surface area contributed by atoms with Crippen LogP contribution < -0.4 is 10.5 Å². The predicted octanol–water partition coefficient (Wildman–Crippen LogP) is 2.40. The van der Waals surface area contributed by atoms with Crippen molar-refractivity contribution in [1.29, 1.82) is 0 Å². The summed E-state index contributed by atoms with van der Waals surface area (Å²) >= 11 is 3.30. The molecule has 0 radical (unpaired) electrons. The van der Waals surface area contributed by atoms with Crippen LogP contribution in [0.3, 0.4) is 0 Å². The molecule has 0 amide bonds. The summed E-state index contributed by atoms with van der Waals surface area (Å²) in [6.07, 6.45) is 1.19. The van der Waals surface area contributed by atoms with Crippen molar-refractivity contribution < 1.29 is 13.5 Å². The standard InChI is InChI=1S/C15H14BrF2N3O2/c1-20-15(22)14(16)12(7-19-20)21-4-5-23-13(8-21)9-2-3-10(17)11(18)6-9/h2-3,6-7,13H,4-5,8H2,1H3. The first kappa shape index (κ1) is 16.1. The highest BCUT2D eigenvalue weighted by Crippen LogP contribution is 2.29. The van der Waals surface area contributed by atoms with Crippen molar-refractivity contribution in [2.24, 2.45) is 7.05 Å². The Balaban J connectivity index is 1.88. The molecule has 1 aliphatic rings. The van der Waals surface area contributed by atoms with E-state index in [9.17, 15) is 13.6 Å². The third-order valence-corrected chi connectivity index (χ3v) is 4.53. The van der Waals surface area contributed by atoms with E-state index in [1.165, 1.54) is 10.7 Å². The number of aryl methyl sites for hydroxylation is 1. The van der Waals surface area contributed by atoms with Gasteiger partial charge in [0.05, 0.1) is 18.5 Å². The number of morpholine rings is 1. The Morgan fingerprint density at radius 2 is 2.13 bits per heavy atom. The Bertz CT molecular complexity index is 797. The maximum absolute atomic E-state index is 13.4. The topological polar surface area (TPSA) is 47.4 Å². The SMILES string of the molecule is Cn1ncc(N2CCOC(c3ccc(F)c(F)c3)C2)c(Br)c1=O. The molecule has 0 N–H and O–H groups in total. The second kappa shape index (κ2) is 6.37. The maximum atomic E-state index is 13.4. The lowest BCUT2D eigenvalue weighted by Gasteiger charge is -2.35. The monoisotopic (exact) mass is 385 g/mol. The van der Waals surface area contributed by atoms with Crippen molar-refractivity contribution in [3.8, 4) is 0 Å². The molecule has 2 heterocycles. The van der Waals surface area contributed by atoms with Crippen molar-refractivity contribution in [2.45, 2.75) is 6.10 Å². The summed E-state index contributed by atoms with van der Waals surface area (Å²) in [7, 11) is 1.57. The zero-order valence-electron chi connectivity index (χ0n) is 12.3. The summed E-state index contributed by atoms with van der Waals surface area (Å²) < 4.78 is 33.8. The van der Waals surface area contributed by atoms with Gasteiger partial charge in [0.2, 0.25) is 0 Å². The van der Waals surface area contributed by atoms with Gasteiger partial charge in [-0.1, -0.05) is 6.07 Å². The quantitative estimate of drug-likeness (QED) is 0.796. The van der Waals surface area contributed by atoms with Gasteiger partial charge >= 0.3 is 0 Å². The van der Waals surface area contributed by atoms with Crippen molar-refractivity contribution in [2.75, 3.05) is 24.6 Å². The molecular weight excluding hydrogens is 372 g/mol. The van der Waals surface area contributed by atoms with Crippen LogP contribution in [0.1, 0.15) is 11.7 Å². The molecule has 0 saturated carbocycles. The molecule has 0 aliphatic carbocycles. The van der Waals surface area contributed by atoms with Crippen LogP contribution in [-0.2, 0) is 11.8 Å². The van der Waals surface area contributed by atoms with Gasteiger partial charge in [-0.25, -0.2) is 13.5 Å². The second-order valence-electron chi connectivity index (χ2n) is 5.25. The number of nitrogens with zero attached hydrogens (tertiary/aromatic N) is 3. The molecule has 23 heavy (non-hydrogen) atoms. The van der Waals surface area contributed by atoms with Gasteiger partial charge in [0.25, 0.3) is 5.56 Å². The highest BCUT2D eigenvalue weighted by atomic mass is 79.9. The van der Waals surface area contributed by atoms with Crippen molar-refractivity contribution in [1.82, 2.24) is 9.78 Å². The van der Waals surface area contributed by atoms with E-state index in [2.05, 4.69) is 21.0 Å². The number of hydrogen-bond donors (Lipinski definition) is 0. The summed E-state index contributed by atoms with van der Waals surface area (Å²) in [5.41, 5.74) is 0.976. The Morgan fingerprint density at radius 1 is 1.35 bits per heavy atom. The zero-order chi connectivity index (χ0) is 16.6. The normalized spacial score (nSPS) is 18.3. The summed E-state index contributed by atoms with van der Waals surface area (Å²) in [5, 5.41) is 4.02. The van der Waals surface area contributed by atoms with Crippen molar-refractivity contribution in [3.05, 3.63) is 56.4 Å². The molecule has 1 aromatic carbocycles. The highest BCUT2D eigenvalue weighted by Gasteiger charge is 2.25. The zero-order valence-corrected chi connectivity index (χ0v) is 13.9. The van der Waals surface area contributed by atoms with Crippen LogP contribution in [0.25, 0.3) is 0 Å². The van der Waals surface area contributed by atoms with Crippen molar-refractivity contribution in [3.63, 3.8) is 0 Å². The minimum absolute atomic E-state index is 0.238. The third-order valence-electron chi connectivity index (χ3n) is 3.78. The molecule has 1 atom stereocenters. The fourth-order valence-corrected chi connectivity index (χ4v) is 3.11. The molecule has 3 rings (SSSR count). The number of benzene rings is 1. The van der Waals surface area contributed by atoms with E-state index < -0.39 is 17.7 Å². The maximum Gasteiger partial charge on any atom is 0.282 e. The molecule has 0 spiro atoms. The largest absolute Gasteiger partial charge is 0.370 e. The molecule has 5 nitrogen and oxygen atoms in total. The van der Waals surface area contributed by atoms with Gasteiger partial charge in [0, 0.05) is 20.1 Å². The lowest BCUT2D eigenvalue weighted by atomic mass is 10.1. The van der Waals surface area contributed by atoms with E-state index >= 15 is 0 Å². The summed E-state index contributed by atoms with van der Waals surface area (Å²) in [5.74, 6) is -1.79. The fourth-order valence-electron chi connectivity index (χ4n) is 2.50. The van der Waals surface area contributed by atoms with Gasteiger partial charge in [-0.2, -0.15) is 5.10 Å². The van der Waals surface area contributed by atoms with Gasteiger partial charge in [0.1, 0.15) is 10.6 Å². The molecule has 1 unspecified atom stereocenters. The minimum Gasteiger partial charge on any atom is -0.370 e. The highest BCUT2D eigenvalue weighted by molar-refractivity contribution is 9.10. The number of aromatic nitrogens is 2. The molecule has 1 aliphatic heterocycles. The van der Waals surface area contributed by atoms with Gasteiger partial charge in [0.15, 0.2) is 11.6 Å². The molecular formula is C15H14BrF2N3O2. The average Bonchev–Trinajstić information content (AvgIpc) is 2.55. The Kier molecular flexibility index (Phi) is 4.45. The molecule has 1 fully saturated rings. The van der Waals surface area contributed by atoms with Gasteiger partial charge in [-0.15, -0.1) is 0 Å². The Hall–Kier alpha value is -1.80. The van der Waals surface area contributed by atoms with Crippen LogP contribution in [-0.4, -0.2) is 29.5 Å². The van der Waals surface area contributed by atoms with Crippen LogP contribution in [0.15, 0.2) is 33.7 Å². The first-order valence-corrected chi connectivity index (χ1v) is 7.80. The van der Waals surface area contributed by atoms with E-state index in [-0.39, 0.29) is 5.56 Å². The summed E-state index contributed by atoms with van der Waals surface area (Å²) in [6.45, 7) is 1.40. The van der Waals surface area contributed by atoms with Gasteiger partial charge < -0.3 is 9.64 Å². The predicted molar refractivity (Wildman–Crippen MR) is 84.4 cm³/mol. The third kappa shape index (κ3) is 3.13. The minimum atomic E-state index is -0.903. The number of hydrogen-bond acceptors (Lipinski definition) is 4. The van der Waals surface area contributed by atoms with Crippen molar-refractivity contribution >= 4 is 21.6 Å². The van der Waals surface area contributed by atoms with Crippen LogP contribution >= 0.6 is 15.9 Å². The van der Waals surface area contributed by atoms with Crippen LogP contribution in [0.2, 0.25) is 0 Å². The lowest BCUT2D eigenvalue weighted by molar-refractivity contribution is 0.0394. The number of rotatable bonds is 2. The first-order chi connectivity index (χ1) is 11.0. The molecule has 1 aromatic heterocycles. The summed E-state index contributed by atoms with van der Waals surface area (Å²) in [4.78, 5) is 13.9. The van der Waals surface area contributed by atoms with Crippen LogP contribution in [0.4, 0.5) is 14.5 Å².